The van der Waals surface area contributed by atoms with Crippen molar-refractivity contribution < 1.29 is 13.9 Å². The van der Waals surface area contributed by atoms with Crippen LogP contribution in [0.3, 0.4) is 0 Å². The van der Waals surface area contributed by atoms with Crippen LogP contribution in [0, 0.1) is 5.82 Å². The van der Waals surface area contributed by atoms with Crippen LogP contribution in [0.5, 0.6) is 0 Å². The van der Waals surface area contributed by atoms with E-state index in [9.17, 15) is 9.18 Å². The molecule has 0 radical (unpaired) electrons. The number of rotatable bonds is 2. The molecule has 0 saturated carbocycles. The number of halogens is 1. The second kappa shape index (κ2) is 5.45. The normalized spacial score (nSPS) is 11.1. The number of carbonyl (C=O) groups is 1. The Labute approximate surface area is 136 Å². The van der Waals surface area contributed by atoms with Crippen LogP contribution in [0.25, 0.3) is 33.1 Å². The molecule has 2 aromatic carbocycles. The Hall–Kier alpha value is -3.21. The van der Waals surface area contributed by atoms with Crippen LogP contribution in [0.1, 0.15) is 10.5 Å². The second-order valence-corrected chi connectivity index (χ2v) is 5.45. The maximum atomic E-state index is 13.7. The predicted octanol–water partition coefficient (Wildman–Crippen LogP) is 4.31. The van der Waals surface area contributed by atoms with E-state index in [1.807, 2.05) is 24.3 Å². The highest BCUT2D eigenvalue weighted by Gasteiger charge is 2.17. The molecule has 0 aliphatic rings. The number of carbonyl (C=O) groups excluding carboxylic acids is 1. The number of ether oxygens (including phenoxy) is 1. The summed E-state index contributed by atoms with van der Waals surface area (Å²) in [6.45, 7) is 0. The topological polar surface area (TPSA) is 55.0 Å². The van der Waals surface area contributed by atoms with Gasteiger partial charge in [-0.2, -0.15) is 0 Å². The van der Waals surface area contributed by atoms with E-state index in [1.54, 1.807) is 18.2 Å². The Bertz CT molecular complexity index is 1090. The lowest BCUT2D eigenvalue weighted by atomic mass is 10.1. The molecule has 0 bridgehead atoms. The third-order valence-corrected chi connectivity index (χ3v) is 3.99. The fourth-order valence-corrected chi connectivity index (χ4v) is 2.90. The van der Waals surface area contributed by atoms with E-state index in [4.69, 9.17) is 4.74 Å². The van der Waals surface area contributed by atoms with Crippen molar-refractivity contribution in [1.29, 1.82) is 0 Å². The molecule has 0 unspecified atom stereocenters. The Balaban J connectivity index is 2.12. The summed E-state index contributed by atoms with van der Waals surface area (Å²) in [7, 11) is 1.31. The van der Waals surface area contributed by atoms with Crippen LogP contribution >= 0.6 is 0 Å². The fraction of sp³-hybridized carbons (Fsp3) is 0.0526. The number of aromatic amines is 1. The van der Waals surface area contributed by atoms with Crippen molar-refractivity contribution in [1.82, 2.24) is 9.97 Å². The standard InChI is InChI=1S/C19H13FN2O2/c1-24-19(23)16-10-14-13-7-2-3-8-15(13)21-18(14)17(22-16)11-5-4-6-12(20)9-11/h2-10,21H,1H3. The summed E-state index contributed by atoms with van der Waals surface area (Å²) >= 11 is 0. The zero-order valence-corrected chi connectivity index (χ0v) is 12.8. The van der Waals surface area contributed by atoms with Crippen LogP contribution in [0.2, 0.25) is 0 Å². The Kier molecular flexibility index (Phi) is 3.27. The smallest absolute Gasteiger partial charge is 0.356 e. The van der Waals surface area contributed by atoms with Crippen molar-refractivity contribution in [2.75, 3.05) is 7.11 Å². The third kappa shape index (κ3) is 2.22. The molecular weight excluding hydrogens is 307 g/mol. The van der Waals surface area contributed by atoms with Crippen LogP contribution in [0.15, 0.2) is 54.6 Å². The van der Waals surface area contributed by atoms with E-state index in [0.717, 1.165) is 21.8 Å². The summed E-state index contributed by atoms with van der Waals surface area (Å²) in [5, 5.41) is 1.82. The minimum absolute atomic E-state index is 0.189. The first-order valence-electron chi connectivity index (χ1n) is 7.43. The third-order valence-electron chi connectivity index (χ3n) is 3.99. The predicted molar refractivity (Wildman–Crippen MR) is 90.3 cm³/mol. The lowest BCUT2D eigenvalue weighted by molar-refractivity contribution is 0.0594. The number of nitrogens with zero attached hydrogens (tertiary/aromatic N) is 1. The average molecular weight is 320 g/mol. The number of aromatic nitrogens is 2. The van der Waals surface area contributed by atoms with Gasteiger partial charge in [0.15, 0.2) is 0 Å². The summed E-state index contributed by atoms with van der Waals surface area (Å²) < 4.78 is 18.5. The number of hydrogen-bond acceptors (Lipinski definition) is 3. The summed E-state index contributed by atoms with van der Waals surface area (Å²) in [6, 6.07) is 15.6. The number of esters is 1. The molecule has 0 atom stereocenters. The number of hydrogen-bond donors (Lipinski definition) is 1. The Morgan fingerprint density at radius 1 is 1.08 bits per heavy atom. The number of fused-ring (bicyclic) bond motifs is 3. The van der Waals surface area contributed by atoms with E-state index < -0.39 is 5.97 Å². The highest BCUT2D eigenvalue weighted by Crippen LogP contribution is 2.32. The van der Waals surface area contributed by atoms with Gasteiger partial charge in [0, 0.05) is 21.9 Å². The van der Waals surface area contributed by atoms with Crippen LogP contribution in [0.4, 0.5) is 4.39 Å². The molecule has 0 saturated heterocycles. The highest BCUT2D eigenvalue weighted by molar-refractivity contribution is 6.12. The summed E-state index contributed by atoms with van der Waals surface area (Å²) in [4.78, 5) is 19.7. The number of H-pyrrole nitrogens is 1. The molecule has 0 aliphatic carbocycles. The van der Waals surface area contributed by atoms with E-state index in [-0.39, 0.29) is 11.5 Å². The molecule has 4 rings (SSSR count). The second-order valence-electron chi connectivity index (χ2n) is 5.45. The first-order chi connectivity index (χ1) is 11.7. The van der Waals surface area contributed by atoms with Gasteiger partial charge in [-0.1, -0.05) is 30.3 Å². The molecule has 0 fully saturated rings. The zero-order valence-electron chi connectivity index (χ0n) is 12.8. The number of para-hydroxylation sites is 1. The van der Waals surface area contributed by atoms with Gasteiger partial charge in [-0.25, -0.2) is 14.2 Å². The van der Waals surface area contributed by atoms with Crippen molar-refractivity contribution in [3.63, 3.8) is 0 Å². The van der Waals surface area contributed by atoms with Gasteiger partial charge in [0.25, 0.3) is 0 Å². The molecule has 2 aromatic heterocycles. The highest BCUT2D eigenvalue weighted by atomic mass is 19.1. The molecule has 1 N–H and O–H groups in total. The fourth-order valence-electron chi connectivity index (χ4n) is 2.90. The van der Waals surface area contributed by atoms with Crippen LogP contribution < -0.4 is 0 Å². The molecular formula is C19H13FN2O2. The van der Waals surface area contributed by atoms with Gasteiger partial charge in [-0.3, -0.25) is 0 Å². The van der Waals surface area contributed by atoms with Gasteiger partial charge >= 0.3 is 5.97 Å². The first-order valence-corrected chi connectivity index (χ1v) is 7.43. The van der Waals surface area contributed by atoms with Crippen molar-refractivity contribution in [3.8, 4) is 11.3 Å². The van der Waals surface area contributed by atoms with Gasteiger partial charge in [0.05, 0.1) is 18.3 Å². The molecule has 0 spiro atoms. The molecule has 0 amide bonds. The van der Waals surface area contributed by atoms with Gasteiger partial charge in [0.1, 0.15) is 11.5 Å². The summed E-state index contributed by atoms with van der Waals surface area (Å²) in [5.41, 5.74) is 2.98. The molecule has 5 heteroatoms. The van der Waals surface area contributed by atoms with E-state index in [2.05, 4.69) is 9.97 Å². The van der Waals surface area contributed by atoms with Crippen LogP contribution in [-0.2, 0) is 4.74 Å². The molecule has 24 heavy (non-hydrogen) atoms. The number of pyridine rings is 1. The van der Waals surface area contributed by atoms with Gasteiger partial charge < -0.3 is 9.72 Å². The number of nitrogens with one attached hydrogen (secondary N) is 1. The lowest BCUT2D eigenvalue weighted by Crippen LogP contribution is -2.05. The SMILES string of the molecule is COC(=O)c1cc2c([nH]c3ccccc32)c(-c2cccc(F)c2)n1. The zero-order chi connectivity index (χ0) is 16.7. The molecule has 4 nitrogen and oxygen atoms in total. The van der Waals surface area contributed by atoms with Crippen molar-refractivity contribution in [2.45, 2.75) is 0 Å². The number of methoxy groups -OCH3 is 1. The van der Waals surface area contributed by atoms with Crippen molar-refractivity contribution >= 4 is 27.8 Å². The minimum Gasteiger partial charge on any atom is -0.464 e. The molecule has 0 aliphatic heterocycles. The van der Waals surface area contributed by atoms with Crippen molar-refractivity contribution in [3.05, 3.63) is 66.1 Å². The first kappa shape index (κ1) is 14.4. The van der Waals surface area contributed by atoms with E-state index in [1.165, 1.54) is 19.2 Å². The van der Waals surface area contributed by atoms with Gasteiger partial charge in [-0.05, 0) is 24.3 Å². The van der Waals surface area contributed by atoms with Crippen molar-refractivity contribution in [2.24, 2.45) is 0 Å². The summed E-state index contributed by atoms with van der Waals surface area (Å²) in [5.74, 6) is -0.887. The monoisotopic (exact) mass is 320 g/mol. The van der Waals surface area contributed by atoms with Gasteiger partial charge in [-0.15, -0.1) is 0 Å². The maximum absolute atomic E-state index is 13.7. The quantitative estimate of drug-likeness (QED) is 0.560. The Morgan fingerprint density at radius 3 is 2.71 bits per heavy atom. The molecule has 118 valence electrons. The lowest BCUT2D eigenvalue weighted by Gasteiger charge is -2.06. The van der Waals surface area contributed by atoms with E-state index >= 15 is 0 Å². The summed E-state index contributed by atoms with van der Waals surface area (Å²) in [6.07, 6.45) is 0. The Morgan fingerprint density at radius 2 is 1.92 bits per heavy atom. The number of benzene rings is 2. The minimum atomic E-state index is -0.528. The average Bonchev–Trinajstić information content (AvgIpc) is 2.99. The van der Waals surface area contributed by atoms with Crippen LogP contribution in [-0.4, -0.2) is 23.0 Å². The van der Waals surface area contributed by atoms with Gasteiger partial charge in [0.2, 0.25) is 0 Å². The largest absolute Gasteiger partial charge is 0.464 e. The maximum Gasteiger partial charge on any atom is 0.356 e. The molecule has 4 aromatic rings. The molecule has 2 heterocycles. The van der Waals surface area contributed by atoms with E-state index in [0.29, 0.717) is 11.3 Å².